The van der Waals surface area contributed by atoms with Gasteiger partial charge in [-0.2, -0.15) is 0 Å². The van der Waals surface area contributed by atoms with Crippen molar-refractivity contribution in [2.45, 2.75) is 32.1 Å². The number of Topliss-reactive ketones (excluding diaryl/α,β-unsaturated/α-hetero) is 1. The molecule has 0 bridgehead atoms. The number of carbonyl (C=O) groups excluding carboxylic acids is 2. The fraction of sp³-hybridized carbons (Fsp3) is 0.316. The Morgan fingerprint density at radius 1 is 1.12 bits per heavy atom. The van der Waals surface area contributed by atoms with E-state index in [2.05, 4.69) is 10.3 Å². The lowest BCUT2D eigenvalue weighted by molar-refractivity contribution is -0.116. The number of hydrogen-bond acceptors (Lipinski definition) is 4. The second-order valence-corrected chi connectivity index (χ2v) is 5.90. The first-order valence-electron chi connectivity index (χ1n) is 8.10. The van der Waals surface area contributed by atoms with Gasteiger partial charge in [0.05, 0.1) is 19.0 Å². The second-order valence-electron chi connectivity index (χ2n) is 5.90. The number of carbonyl (C=O) groups is 2. The fourth-order valence-electron chi connectivity index (χ4n) is 2.92. The third-order valence-corrected chi connectivity index (χ3v) is 4.23. The zero-order valence-corrected chi connectivity index (χ0v) is 13.7. The number of anilines is 1. The number of nitrogens with zero attached hydrogens (tertiary/aromatic N) is 1. The lowest BCUT2D eigenvalue weighted by Crippen LogP contribution is -2.13. The molecule has 2 aromatic rings. The van der Waals surface area contributed by atoms with E-state index in [1.165, 1.54) is 24.4 Å². The predicted octanol–water partition coefficient (Wildman–Crippen LogP) is 3.18. The first kappa shape index (κ1) is 16.2. The van der Waals surface area contributed by atoms with E-state index in [4.69, 9.17) is 4.74 Å². The molecule has 5 nitrogen and oxygen atoms in total. The molecule has 3 rings (SSSR count). The summed E-state index contributed by atoms with van der Waals surface area (Å²) in [5.74, 6) is 0.295. The van der Waals surface area contributed by atoms with Crippen LogP contribution in [-0.4, -0.2) is 23.8 Å². The van der Waals surface area contributed by atoms with Crippen LogP contribution in [-0.2, 0) is 17.6 Å². The van der Waals surface area contributed by atoms with E-state index in [1.54, 1.807) is 12.1 Å². The SMILES string of the molecule is COc1ccc(NC(=O)CCC(=O)c2ccc3c(c2)CCC3)cn1. The van der Waals surface area contributed by atoms with Crippen molar-refractivity contribution in [3.63, 3.8) is 0 Å². The summed E-state index contributed by atoms with van der Waals surface area (Å²) < 4.78 is 4.97. The highest BCUT2D eigenvalue weighted by Gasteiger charge is 2.15. The zero-order valence-electron chi connectivity index (χ0n) is 13.7. The first-order valence-corrected chi connectivity index (χ1v) is 8.10. The topological polar surface area (TPSA) is 68.3 Å². The van der Waals surface area contributed by atoms with Crippen molar-refractivity contribution >= 4 is 17.4 Å². The minimum Gasteiger partial charge on any atom is -0.481 e. The van der Waals surface area contributed by atoms with Gasteiger partial charge in [0.2, 0.25) is 11.8 Å². The van der Waals surface area contributed by atoms with E-state index >= 15 is 0 Å². The van der Waals surface area contributed by atoms with Gasteiger partial charge in [0, 0.05) is 24.5 Å². The van der Waals surface area contributed by atoms with Crippen LogP contribution < -0.4 is 10.1 Å². The van der Waals surface area contributed by atoms with Gasteiger partial charge in [-0.05, 0) is 42.5 Å². The van der Waals surface area contributed by atoms with Crippen molar-refractivity contribution in [1.29, 1.82) is 0 Å². The summed E-state index contributed by atoms with van der Waals surface area (Å²) >= 11 is 0. The van der Waals surface area contributed by atoms with Gasteiger partial charge in [0.1, 0.15) is 0 Å². The smallest absolute Gasteiger partial charge is 0.224 e. The molecule has 124 valence electrons. The third kappa shape index (κ3) is 3.79. The number of rotatable bonds is 6. The molecule has 1 heterocycles. The highest BCUT2D eigenvalue weighted by Crippen LogP contribution is 2.23. The number of hydrogen-bond donors (Lipinski definition) is 1. The number of ketones is 1. The van der Waals surface area contributed by atoms with Gasteiger partial charge in [0.15, 0.2) is 5.78 Å². The molecule has 1 amide bonds. The van der Waals surface area contributed by atoms with Crippen molar-refractivity contribution in [1.82, 2.24) is 4.98 Å². The molecule has 1 aromatic heterocycles. The second kappa shape index (κ2) is 7.25. The molecule has 0 radical (unpaired) electrons. The monoisotopic (exact) mass is 324 g/mol. The van der Waals surface area contributed by atoms with Gasteiger partial charge in [-0.15, -0.1) is 0 Å². The van der Waals surface area contributed by atoms with Crippen molar-refractivity contribution in [3.8, 4) is 5.88 Å². The van der Waals surface area contributed by atoms with Crippen LogP contribution in [0.2, 0.25) is 0 Å². The van der Waals surface area contributed by atoms with Crippen LogP contribution >= 0.6 is 0 Å². The molecule has 0 fully saturated rings. The normalized spacial score (nSPS) is 12.5. The van der Waals surface area contributed by atoms with E-state index in [1.807, 2.05) is 18.2 Å². The van der Waals surface area contributed by atoms with Gasteiger partial charge in [0.25, 0.3) is 0 Å². The maximum Gasteiger partial charge on any atom is 0.224 e. The average Bonchev–Trinajstić information content (AvgIpc) is 3.08. The van der Waals surface area contributed by atoms with Gasteiger partial charge in [-0.1, -0.05) is 12.1 Å². The predicted molar refractivity (Wildman–Crippen MR) is 91.5 cm³/mol. The number of ether oxygens (including phenoxy) is 1. The molecule has 1 N–H and O–H groups in total. The summed E-state index contributed by atoms with van der Waals surface area (Å²) in [4.78, 5) is 28.3. The maximum atomic E-state index is 12.3. The summed E-state index contributed by atoms with van der Waals surface area (Å²) in [6, 6.07) is 9.28. The summed E-state index contributed by atoms with van der Waals surface area (Å²) in [6.07, 6.45) is 5.18. The summed E-state index contributed by atoms with van der Waals surface area (Å²) in [6.45, 7) is 0. The number of aromatic nitrogens is 1. The quantitative estimate of drug-likeness (QED) is 0.829. The van der Waals surface area contributed by atoms with E-state index in [9.17, 15) is 9.59 Å². The molecule has 1 aliphatic rings. The molecule has 0 saturated heterocycles. The fourth-order valence-corrected chi connectivity index (χ4v) is 2.92. The Morgan fingerprint density at radius 2 is 1.96 bits per heavy atom. The zero-order chi connectivity index (χ0) is 16.9. The molecule has 0 atom stereocenters. The summed E-state index contributed by atoms with van der Waals surface area (Å²) in [7, 11) is 1.53. The molecule has 0 saturated carbocycles. The van der Waals surface area contributed by atoms with Gasteiger partial charge in [-0.25, -0.2) is 4.98 Å². The lowest BCUT2D eigenvalue weighted by Gasteiger charge is -2.06. The van der Waals surface area contributed by atoms with Gasteiger partial charge < -0.3 is 10.1 Å². The molecule has 5 heteroatoms. The van der Waals surface area contributed by atoms with Gasteiger partial charge >= 0.3 is 0 Å². The van der Waals surface area contributed by atoms with Crippen LogP contribution in [0.1, 0.15) is 40.7 Å². The Kier molecular flexibility index (Phi) is 4.89. The number of pyridine rings is 1. The van der Waals surface area contributed by atoms with E-state index in [-0.39, 0.29) is 24.5 Å². The van der Waals surface area contributed by atoms with E-state index in [0.29, 0.717) is 17.1 Å². The molecule has 0 unspecified atom stereocenters. The standard InChI is InChI=1S/C19H20N2O3/c1-24-19-10-7-16(12-20-19)21-18(23)9-8-17(22)15-6-5-13-3-2-4-14(13)11-15/h5-7,10-12H,2-4,8-9H2,1H3,(H,21,23). The molecule has 1 aliphatic carbocycles. The number of methoxy groups -OCH3 is 1. The van der Waals surface area contributed by atoms with E-state index < -0.39 is 0 Å². The van der Waals surface area contributed by atoms with E-state index in [0.717, 1.165) is 19.3 Å². The van der Waals surface area contributed by atoms with Crippen LogP contribution in [0.15, 0.2) is 36.5 Å². The molecular weight excluding hydrogens is 304 g/mol. The van der Waals surface area contributed by atoms with Crippen LogP contribution in [0.3, 0.4) is 0 Å². The number of benzene rings is 1. The minimum atomic E-state index is -0.198. The van der Waals surface area contributed by atoms with Crippen LogP contribution in [0.4, 0.5) is 5.69 Å². The lowest BCUT2D eigenvalue weighted by atomic mass is 10.0. The highest BCUT2D eigenvalue weighted by atomic mass is 16.5. The summed E-state index contributed by atoms with van der Waals surface area (Å²) in [5.41, 5.74) is 3.91. The van der Waals surface area contributed by atoms with Crippen molar-refractivity contribution in [2.75, 3.05) is 12.4 Å². The third-order valence-electron chi connectivity index (χ3n) is 4.23. The number of aryl methyl sites for hydroxylation is 2. The Balaban J connectivity index is 1.52. The van der Waals surface area contributed by atoms with Crippen LogP contribution in [0.25, 0.3) is 0 Å². The van der Waals surface area contributed by atoms with Gasteiger partial charge in [-0.3, -0.25) is 9.59 Å². The Labute approximate surface area is 141 Å². The Morgan fingerprint density at radius 3 is 2.71 bits per heavy atom. The van der Waals surface area contributed by atoms with Crippen molar-refractivity contribution in [3.05, 3.63) is 53.2 Å². The summed E-state index contributed by atoms with van der Waals surface area (Å²) in [5, 5.41) is 2.73. The van der Waals surface area contributed by atoms with Crippen LogP contribution in [0.5, 0.6) is 5.88 Å². The maximum absolute atomic E-state index is 12.3. The van der Waals surface area contributed by atoms with Crippen LogP contribution in [0, 0.1) is 0 Å². The number of nitrogens with one attached hydrogen (secondary N) is 1. The van der Waals surface area contributed by atoms with Crippen molar-refractivity contribution in [2.24, 2.45) is 0 Å². The molecule has 0 spiro atoms. The average molecular weight is 324 g/mol. The molecule has 1 aromatic carbocycles. The first-order chi connectivity index (χ1) is 11.7. The Hall–Kier alpha value is -2.69. The highest BCUT2D eigenvalue weighted by molar-refractivity contribution is 6.00. The molecular formula is C19H20N2O3. The number of fused-ring (bicyclic) bond motifs is 1. The Bertz CT molecular complexity index is 754. The largest absolute Gasteiger partial charge is 0.481 e. The molecule has 0 aliphatic heterocycles. The van der Waals surface area contributed by atoms with Crippen molar-refractivity contribution < 1.29 is 14.3 Å². The number of amides is 1. The molecule has 24 heavy (non-hydrogen) atoms. The minimum absolute atomic E-state index is 0.00714.